The number of nitrogens with two attached hydrogens (primary N) is 1. The molecular formula is C11H21N3O. The fraction of sp³-hybridized carbons (Fsp3) is 0.909. The van der Waals surface area contributed by atoms with Crippen molar-refractivity contribution in [2.24, 2.45) is 5.73 Å². The first-order valence-corrected chi connectivity index (χ1v) is 6.01. The lowest BCUT2D eigenvalue weighted by Gasteiger charge is -2.18. The highest BCUT2D eigenvalue weighted by Gasteiger charge is 2.23. The van der Waals surface area contributed by atoms with Crippen molar-refractivity contribution in [1.29, 1.82) is 0 Å². The first kappa shape index (κ1) is 10.9. The van der Waals surface area contributed by atoms with Gasteiger partial charge in [0.25, 0.3) is 0 Å². The average molecular weight is 211 g/mol. The Labute approximate surface area is 91.4 Å². The zero-order valence-electron chi connectivity index (χ0n) is 9.32. The Balaban J connectivity index is 1.67. The highest BCUT2D eigenvalue weighted by molar-refractivity contribution is 5.76. The molecule has 2 aliphatic heterocycles. The first-order valence-electron chi connectivity index (χ1n) is 6.01. The molecule has 2 heterocycles. The Morgan fingerprint density at radius 1 is 1.27 bits per heavy atom. The fourth-order valence-electron chi connectivity index (χ4n) is 2.43. The Kier molecular flexibility index (Phi) is 3.59. The van der Waals surface area contributed by atoms with Crippen LogP contribution in [-0.4, -0.2) is 54.5 Å². The maximum atomic E-state index is 11.8. The maximum Gasteiger partial charge on any atom is 0.223 e. The molecule has 4 heteroatoms. The van der Waals surface area contributed by atoms with Gasteiger partial charge in [-0.05, 0) is 32.4 Å². The van der Waals surface area contributed by atoms with E-state index in [0.717, 1.165) is 26.1 Å². The zero-order valence-corrected chi connectivity index (χ0v) is 9.32. The number of likely N-dealkylation sites (tertiary alicyclic amines) is 2. The fourth-order valence-corrected chi connectivity index (χ4v) is 2.43. The molecule has 0 aromatic carbocycles. The molecule has 0 aromatic rings. The Morgan fingerprint density at radius 3 is 2.60 bits per heavy atom. The van der Waals surface area contributed by atoms with Gasteiger partial charge in [0.2, 0.25) is 5.91 Å². The summed E-state index contributed by atoms with van der Waals surface area (Å²) in [5.41, 5.74) is 5.78. The molecule has 15 heavy (non-hydrogen) atoms. The minimum absolute atomic E-state index is 0.209. The lowest BCUT2D eigenvalue weighted by Crippen LogP contribution is -2.34. The second kappa shape index (κ2) is 4.94. The number of carbonyl (C=O) groups excluding carboxylic acids is 1. The van der Waals surface area contributed by atoms with E-state index in [9.17, 15) is 4.79 Å². The monoisotopic (exact) mass is 211 g/mol. The van der Waals surface area contributed by atoms with Crippen LogP contribution in [0.4, 0.5) is 0 Å². The van der Waals surface area contributed by atoms with Crippen molar-refractivity contribution in [2.45, 2.75) is 31.7 Å². The normalized spacial score (nSPS) is 27.5. The molecule has 1 atom stereocenters. The van der Waals surface area contributed by atoms with E-state index < -0.39 is 0 Å². The topological polar surface area (TPSA) is 49.6 Å². The van der Waals surface area contributed by atoms with E-state index in [-0.39, 0.29) is 11.9 Å². The smallest absolute Gasteiger partial charge is 0.223 e. The summed E-state index contributed by atoms with van der Waals surface area (Å²) in [7, 11) is 0. The maximum absolute atomic E-state index is 11.8. The van der Waals surface area contributed by atoms with Gasteiger partial charge >= 0.3 is 0 Å². The lowest BCUT2D eigenvalue weighted by molar-refractivity contribution is -0.130. The quantitative estimate of drug-likeness (QED) is 0.716. The van der Waals surface area contributed by atoms with Crippen LogP contribution in [0.1, 0.15) is 25.7 Å². The molecule has 0 aliphatic carbocycles. The molecule has 2 aliphatic rings. The second-order valence-electron chi connectivity index (χ2n) is 4.69. The van der Waals surface area contributed by atoms with Gasteiger partial charge in [-0.15, -0.1) is 0 Å². The van der Waals surface area contributed by atoms with E-state index in [2.05, 4.69) is 4.90 Å². The van der Waals surface area contributed by atoms with Crippen LogP contribution in [-0.2, 0) is 4.79 Å². The predicted molar refractivity (Wildman–Crippen MR) is 59.5 cm³/mol. The largest absolute Gasteiger partial charge is 0.341 e. The molecule has 2 rings (SSSR count). The number of amides is 1. The zero-order chi connectivity index (χ0) is 10.7. The molecule has 0 bridgehead atoms. The molecule has 0 saturated carbocycles. The van der Waals surface area contributed by atoms with E-state index in [0.29, 0.717) is 6.42 Å². The summed E-state index contributed by atoms with van der Waals surface area (Å²) in [6.07, 6.45) is 4.23. The molecule has 1 amide bonds. The number of hydrogen-bond acceptors (Lipinski definition) is 3. The molecule has 4 nitrogen and oxygen atoms in total. The van der Waals surface area contributed by atoms with Crippen molar-refractivity contribution in [3.05, 3.63) is 0 Å². The third-order valence-corrected chi connectivity index (χ3v) is 3.42. The van der Waals surface area contributed by atoms with Crippen molar-refractivity contribution < 1.29 is 4.79 Å². The molecule has 2 saturated heterocycles. The van der Waals surface area contributed by atoms with E-state index in [1.165, 1.54) is 25.9 Å². The van der Waals surface area contributed by atoms with E-state index in [1.54, 1.807) is 0 Å². The predicted octanol–water partition coefficient (Wildman–Crippen LogP) is 0.0319. The van der Waals surface area contributed by atoms with Crippen LogP contribution in [0.15, 0.2) is 0 Å². The van der Waals surface area contributed by atoms with Crippen LogP contribution in [0.5, 0.6) is 0 Å². The Bertz CT molecular complexity index is 226. The van der Waals surface area contributed by atoms with Gasteiger partial charge < -0.3 is 15.5 Å². The van der Waals surface area contributed by atoms with Gasteiger partial charge in [0.15, 0.2) is 0 Å². The molecular weight excluding hydrogens is 190 g/mol. The third-order valence-electron chi connectivity index (χ3n) is 3.42. The number of hydrogen-bond donors (Lipinski definition) is 1. The second-order valence-corrected chi connectivity index (χ2v) is 4.69. The van der Waals surface area contributed by atoms with Gasteiger partial charge in [-0.3, -0.25) is 4.79 Å². The van der Waals surface area contributed by atoms with Gasteiger partial charge in [0, 0.05) is 32.1 Å². The molecule has 2 fully saturated rings. The average Bonchev–Trinajstić information content (AvgIpc) is 2.84. The van der Waals surface area contributed by atoms with Crippen molar-refractivity contribution in [3.8, 4) is 0 Å². The molecule has 0 radical (unpaired) electrons. The van der Waals surface area contributed by atoms with Crippen LogP contribution in [0, 0.1) is 0 Å². The molecule has 1 unspecified atom stereocenters. The molecule has 2 N–H and O–H groups in total. The van der Waals surface area contributed by atoms with E-state index in [1.807, 2.05) is 4.90 Å². The van der Waals surface area contributed by atoms with Crippen LogP contribution >= 0.6 is 0 Å². The Morgan fingerprint density at radius 2 is 2.00 bits per heavy atom. The van der Waals surface area contributed by atoms with Crippen LogP contribution in [0.2, 0.25) is 0 Å². The Hall–Kier alpha value is -0.610. The van der Waals surface area contributed by atoms with Crippen LogP contribution < -0.4 is 5.73 Å². The summed E-state index contributed by atoms with van der Waals surface area (Å²) in [6.45, 7) is 4.91. The van der Waals surface area contributed by atoms with E-state index >= 15 is 0 Å². The van der Waals surface area contributed by atoms with Gasteiger partial charge in [-0.25, -0.2) is 0 Å². The minimum Gasteiger partial charge on any atom is -0.341 e. The number of carbonyl (C=O) groups is 1. The van der Waals surface area contributed by atoms with Gasteiger partial charge in [0.05, 0.1) is 0 Å². The third kappa shape index (κ3) is 2.92. The summed E-state index contributed by atoms with van der Waals surface area (Å²) >= 11 is 0. The van der Waals surface area contributed by atoms with Crippen molar-refractivity contribution >= 4 is 5.91 Å². The minimum atomic E-state index is 0.209. The number of rotatable bonds is 3. The molecule has 0 spiro atoms. The van der Waals surface area contributed by atoms with E-state index in [4.69, 9.17) is 5.73 Å². The lowest BCUT2D eigenvalue weighted by atomic mass is 10.3. The highest BCUT2D eigenvalue weighted by Crippen LogP contribution is 2.11. The van der Waals surface area contributed by atoms with Crippen molar-refractivity contribution in [2.75, 3.05) is 32.7 Å². The molecule has 0 aromatic heterocycles. The standard InChI is InChI=1S/C11H21N3O/c12-10-3-8-14(9-10)11(15)4-7-13-5-1-2-6-13/h10H,1-9,12H2. The summed E-state index contributed by atoms with van der Waals surface area (Å²) < 4.78 is 0. The summed E-state index contributed by atoms with van der Waals surface area (Å²) in [5, 5.41) is 0. The van der Waals surface area contributed by atoms with Gasteiger partial charge in [0.1, 0.15) is 0 Å². The SMILES string of the molecule is NC1CCN(C(=O)CCN2CCCC2)C1. The highest BCUT2D eigenvalue weighted by atomic mass is 16.2. The van der Waals surface area contributed by atoms with Crippen molar-refractivity contribution in [3.63, 3.8) is 0 Å². The van der Waals surface area contributed by atoms with Crippen LogP contribution in [0.25, 0.3) is 0 Å². The van der Waals surface area contributed by atoms with Gasteiger partial charge in [-0.2, -0.15) is 0 Å². The first-order chi connectivity index (χ1) is 7.25. The summed E-state index contributed by atoms with van der Waals surface area (Å²) in [6, 6.07) is 0.209. The summed E-state index contributed by atoms with van der Waals surface area (Å²) in [5.74, 6) is 0.287. The number of nitrogens with zero attached hydrogens (tertiary/aromatic N) is 2. The van der Waals surface area contributed by atoms with Crippen molar-refractivity contribution in [1.82, 2.24) is 9.80 Å². The molecule has 86 valence electrons. The summed E-state index contributed by atoms with van der Waals surface area (Å²) in [4.78, 5) is 16.1. The van der Waals surface area contributed by atoms with Gasteiger partial charge in [-0.1, -0.05) is 0 Å². The van der Waals surface area contributed by atoms with Crippen LogP contribution in [0.3, 0.4) is 0 Å².